The van der Waals surface area contributed by atoms with Crippen LogP contribution in [-0.4, -0.2) is 33.8 Å². The number of aryl methyl sites for hydroxylation is 1. The van der Waals surface area contributed by atoms with Gasteiger partial charge in [-0.3, -0.25) is 4.98 Å². The average Bonchev–Trinajstić information content (AvgIpc) is 2.77. The Balaban J connectivity index is 2.23. The molecule has 0 spiro atoms. The molecule has 3 aromatic rings. The van der Waals surface area contributed by atoms with Gasteiger partial charge >= 0.3 is 0 Å². The molecule has 0 aliphatic rings. The van der Waals surface area contributed by atoms with E-state index in [-0.39, 0.29) is 0 Å². The zero-order valence-corrected chi connectivity index (χ0v) is 11.2. The van der Waals surface area contributed by atoms with Gasteiger partial charge in [-0.25, -0.2) is 9.67 Å². The van der Waals surface area contributed by atoms with Crippen LogP contribution >= 0.6 is 0 Å². The van der Waals surface area contributed by atoms with E-state index < -0.39 is 0 Å². The molecule has 3 rings (SSSR count). The van der Waals surface area contributed by atoms with E-state index in [1.54, 1.807) is 10.9 Å². The lowest BCUT2D eigenvalue weighted by atomic mass is 10.1. The van der Waals surface area contributed by atoms with Crippen LogP contribution in [-0.2, 0) is 7.05 Å². The smallest absolute Gasteiger partial charge is 0.159 e. The van der Waals surface area contributed by atoms with Gasteiger partial charge in [-0.05, 0) is 12.1 Å². The van der Waals surface area contributed by atoms with Crippen LogP contribution in [0.4, 0.5) is 5.82 Å². The highest BCUT2D eigenvalue weighted by Gasteiger charge is 2.12. The van der Waals surface area contributed by atoms with Crippen molar-refractivity contribution in [3.05, 3.63) is 36.8 Å². The van der Waals surface area contributed by atoms with E-state index in [0.29, 0.717) is 0 Å². The molecule has 0 saturated heterocycles. The van der Waals surface area contributed by atoms with Crippen molar-refractivity contribution < 1.29 is 0 Å². The largest absolute Gasteiger partial charge is 0.361 e. The fraction of sp³-hybridized carbons (Fsp3) is 0.214. The fourth-order valence-corrected chi connectivity index (χ4v) is 2.15. The minimum Gasteiger partial charge on any atom is -0.361 e. The zero-order valence-electron chi connectivity index (χ0n) is 11.2. The molecule has 5 nitrogen and oxygen atoms in total. The molecule has 5 heteroatoms. The van der Waals surface area contributed by atoms with E-state index in [9.17, 15) is 0 Å². The Morgan fingerprint density at radius 1 is 1.16 bits per heavy atom. The quantitative estimate of drug-likeness (QED) is 0.701. The summed E-state index contributed by atoms with van der Waals surface area (Å²) in [6.45, 7) is 0. The van der Waals surface area contributed by atoms with E-state index in [1.807, 2.05) is 50.6 Å². The molecule has 19 heavy (non-hydrogen) atoms. The number of pyridine rings is 2. The molecule has 0 aliphatic carbocycles. The molecule has 0 atom stereocenters. The average molecular weight is 253 g/mol. The lowest BCUT2D eigenvalue weighted by molar-refractivity contribution is 0.779. The van der Waals surface area contributed by atoms with E-state index >= 15 is 0 Å². The SMILES string of the molecule is CN(C)c1nn(C)c2ncc(-c3cccnc3)cc12. The molecule has 0 fully saturated rings. The number of anilines is 1. The lowest BCUT2D eigenvalue weighted by Gasteiger charge is -2.08. The van der Waals surface area contributed by atoms with Crippen LogP contribution in [0.25, 0.3) is 22.2 Å². The molecule has 3 heterocycles. The van der Waals surface area contributed by atoms with Crippen molar-refractivity contribution in [2.75, 3.05) is 19.0 Å². The second-order valence-corrected chi connectivity index (χ2v) is 4.68. The number of nitrogens with zero attached hydrogens (tertiary/aromatic N) is 5. The molecule has 0 aromatic carbocycles. The first-order chi connectivity index (χ1) is 9.16. The monoisotopic (exact) mass is 253 g/mol. The molecule has 0 aliphatic heterocycles. The summed E-state index contributed by atoms with van der Waals surface area (Å²) in [5.74, 6) is 0.927. The minimum atomic E-state index is 0.886. The number of hydrogen-bond donors (Lipinski definition) is 0. The summed E-state index contributed by atoms with van der Waals surface area (Å²) < 4.78 is 1.80. The molecule has 3 aromatic heterocycles. The molecule has 96 valence electrons. The number of rotatable bonds is 2. The first-order valence-corrected chi connectivity index (χ1v) is 6.07. The van der Waals surface area contributed by atoms with E-state index in [2.05, 4.69) is 21.1 Å². The van der Waals surface area contributed by atoms with Crippen LogP contribution in [0.1, 0.15) is 0 Å². The second-order valence-electron chi connectivity index (χ2n) is 4.68. The van der Waals surface area contributed by atoms with Crippen molar-refractivity contribution >= 4 is 16.9 Å². The van der Waals surface area contributed by atoms with Crippen LogP contribution in [0.2, 0.25) is 0 Å². The third-order valence-electron chi connectivity index (χ3n) is 3.08. The van der Waals surface area contributed by atoms with E-state index in [1.165, 1.54) is 0 Å². The van der Waals surface area contributed by atoms with Gasteiger partial charge < -0.3 is 4.90 Å². The molecule has 0 N–H and O–H groups in total. The van der Waals surface area contributed by atoms with Gasteiger partial charge in [-0.2, -0.15) is 5.10 Å². The van der Waals surface area contributed by atoms with Crippen molar-refractivity contribution in [3.63, 3.8) is 0 Å². The number of hydrogen-bond acceptors (Lipinski definition) is 4. The Morgan fingerprint density at radius 3 is 2.68 bits per heavy atom. The van der Waals surface area contributed by atoms with Crippen molar-refractivity contribution in [1.82, 2.24) is 19.7 Å². The van der Waals surface area contributed by atoms with Crippen molar-refractivity contribution in [1.29, 1.82) is 0 Å². The maximum Gasteiger partial charge on any atom is 0.159 e. The van der Waals surface area contributed by atoms with Crippen LogP contribution in [0, 0.1) is 0 Å². The highest BCUT2D eigenvalue weighted by Crippen LogP contribution is 2.27. The maximum absolute atomic E-state index is 4.51. The van der Waals surface area contributed by atoms with Crippen molar-refractivity contribution in [2.24, 2.45) is 7.05 Å². The molecule has 0 bridgehead atoms. The van der Waals surface area contributed by atoms with E-state index in [0.717, 1.165) is 28.0 Å². The summed E-state index contributed by atoms with van der Waals surface area (Å²) in [5, 5.41) is 5.54. The first kappa shape index (κ1) is 11.6. The van der Waals surface area contributed by atoms with Crippen LogP contribution in [0.15, 0.2) is 36.8 Å². The highest BCUT2D eigenvalue weighted by molar-refractivity contribution is 5.91. The van der Waals surface area contributed by atoms with Gasteiger partial charge in [0, 0.05) is 50.9 Å². The van der Waals surface area contributed by atoms with Gasteiger partial charge in [0.1, 0.15) is 0 Å². The van der Waals surface area contributed by atoms with E-state index in [4.69, 9.17) is 0 Å². The standard InChI is InChI=1S/C14H15N5/c1-18(2)14-12-7-11(10-5-4-6-15-8-10)9-16-13(12)19(3)17-14/h4-9H,1-3H3. The Bertz CT molecular complexity index is 715. The van der Waals surface area contributed by atoms with Gasteiger partial charge in [0.05, 0.1) is 5.39 Å². The minimum absolute atomic E-state index is 0.886. The van der Waals surface area contributed by atoms with Gasteiger partial charge in [0.25, 0.3) is 0 Å². The summed E-state index contributed by atoms with van der Waals surface area (Å²) in [5.41, 5.74) is 3.00. The summed E-state index contributed by atoms with van der Waals surface area (Å²) in [6.07, 6.45) is 5.47. The topological polar surface area (TPSA) is 46.8 Å². The molecule has 0 unspecified atom stereocenters. The first-order valence-electron chi connectivity index (χ1n) is 6.07. The summed E-state index contributed by atoms with van der Waals surface area (Å²) >= 11 is 0. The van der Waals surface area contributed by atoms with Crippen molar-refractivity contribution in [3.8, 4) is 11.1 Å². The molecular formula is C14H15N5. The molecule has 0 radical (unpaired) electrons. The zero-order chi connectivity index (χ0) is 13.4. The predicted molar refractivity (Wildman–Crippen MR) is 76.1 cm³/mol. The molecule has 0 amide bonds. The van der Waals surface area contributed by atoms with Gasteiger partial charge in [-0.15, -0.1) is 0 Å². The summed E-state index contributed by atoms with van der Waals surface area (Å²) in [6, 6.07) is 6.07. The summed E-state index contributed by atoms with van der Waals surface area (Å²) in [7, 11) is 5.88. The van der Waals surface area contributed by atoms with Crippen molar-refractivity contribution in [2.45, 2.75) is 0 Å². The van der Waals surface area contributed by atoms with Gasteiger partial charge in [0.2, 0.25) is 0 Å². The van der Waals surface area contributed by atoms with Crippen LogP contribution in [0.3, 0.4) is 0 Å². The normalized spacial score (nSPS) is 10.9. The fourth-order valence-electron chi connectivity index (χ4n) is 2.15. The number of aromatic nitrogens is 4. The Labute approximate surface area is 111 Å². The van der Waals surface area contributed by atoms with Crippen LogP contribution < -0.4 is 4.90 Å². The Hall–Kier alpha value is -2.43. The highest BCUT2D eigenvalue weighted by atomic mass is 15.3. The maximum atomic E-state index is 4.51. The lowest BCUT2D eigenvalue weighted by Crippen LogP contribution is -2.09. The molecule has 0 saturated carbocycles. The third-order valence-corrected chi connectivity index (χ3v) is 3.08. The van der Waals surface area contributed by atoms with Gasteiger partial charge in [0.15, 0.2) is 11.5 Å². The second kappa shape index (κ2) is 4.35. The van der Waals surface area contributed by atoms with Crippen LogP contribution in [0.5, 0.6) is 0 Å². The Kier molecular flexibility index (Phi) is 2.67. The number of fused-ring (bicyclic) bond motifs is 1. The molecular weight excluding hydrogens is 238 g/mol. The summed E-state index contributed by atoms with van der Waals surface area (Å²) in [4.78, 5) is 10.6. The van der Waals surface area contributed by atoms with Gasteiger partial charge in [-0.1, -0.05) is 6.07 Å². The Morgan fingerprint density at radius 2 is 2.00 bits per heavy atom. The third kappa shape index (κ3) is 1.93. The predicted octanol–water partition coefficient (Wildman–Crippen LogP) is 2.10.